The molecule has 0 radical (unpaired) electrons. The second-order valence-electron chi connectivity index (χ2n) is 5.48. The Bertz CT molecular complexity index is 487. The topological polar surface area (TPSA) is 101 Å². The lowest BCUT2D eigenvalue weighted by atomic mass is 9.85. The van der Waals surface area contributed by atoms with Crippen molar-refractivity contribution in [3.63, 3.8) is 0 Å². The second kappa shape index (κ2) is 5.38. The van der Waals surface area contributed by atoms with Gasteiger partial charge >= 0.3 is 0 Å². The van der Waals surface area contributed by atoms with Crippen LogP contribution in [-0.4, -0.2) is 31.2 Å². The molecule has 1 heterocycles. The SMILES string of the molecule is Cc1[nH]ncc1S(=O)(=O)NC(CCN)C(C)(C)C. The van der Waals surface area contributed by atoms with Crippen molar-refractivity contribution in [3.05, 3.63) is 11.9 Å². The Hall–Kier alpha value is -0.920. The number of aromatic amines is 1. The van der Waals surface area contributed by atoms with Crippen LogP contribution >= 0.6 is 0 Å². The van der Waals surface area contributed by atoms with Gasteiger partial charge in [-0.2, -0.15) is 5.10 Å². The summed E-state index contributed by atoms with van der Waals surface area (Å²) in [5.74, 6) is 0. The van der Waals surface area contributed by atoms with Crippen LogP contribution < -0.4 is 10.5 Å². The maximum Gasteiger partial charge on any atom is 0.244 e. The summed E-state index contributed by atoms with van der Waals surface area (Å²) < 4.78 is 27.2. The van der Waals surface area contributed by atoms with Gasteiger partial charge in [0, 0.05) is 6.04 Å². The number of aryl methyl sites for hydroxylation is 1. The third-order valence-corrected chi connectivity index (χ3v) is 4.46. The predicted octanol–water partition coefficient (Wildman–Crippen LogP) is 0.760. The van der Waals surface area contributed by atoms with Gasteiger partial charge in [0.1, 0.15) is 4.90 Å². The van der Waals surface area contributed by atoms with Gasteiger partial charge in [-0.1, -0.05) is 20.8 Å². The third kappa shape index (κ3) is 3.54. The Balaban J connectivity index is 2.97. The van der Waals surface area contributed by atoms with Crippen LogP contribution in [0.5, 0.6) is 0 Å². The lowest BCUT2D eigenvalue weighted by Crippen LogP contribution is -2.44. The van der Waals surface area contributed by atoms with Gasteiger partial charge in [-0.3, -0.25) is 5.10 Å². The van der Waals surface area contributed by atoms with E-state index in [4.69, 9.17) is 5.73 Å². The smallest absolute Gasteiger partial charge is 0.244 e. The van der Waals surface area contributed by atoms with Crippen LogP contribution in [0.15, 0.2) is 11.1 Å². The summed E-state index contributed by atoms with van der Waals surface area (Å²) in [5.41, 5.74) is 5.88. The Kier molecular flexibility index (Phi) is 4.52. The molecule has 6 nitrogen and oxygen atoms in total. The Labute approximate surface area is 108 Å². The summed E-state index contributed by atoms with van der Waals surface area (Å²) in [4.78, 5) is 0.189. The van der Waals surface area contributed by atoms with Crippen molar-refractivity contribution >= 4 is 10.0 Å². The number of hydrogen-bond donors (Lipinski definition) is 3. The van der Waals surface area contributed by atoms with E-state index in [1.807, 2.05) is 20.8 Å². The molecule has 0 aliphatic carbocycles. The van der Waals surface area contributed by atoms with Gasteiger partial charge in [0.25, 0.3) is 0 Å². The first kappa shape index (κ1) is 15.1. The molecule has 1 unspecified atom stereocenters. The molecule has 0 aliphatic heterocycles. The second-order valence-corrected chi connectivity index (χ2v) is 7.16. The number of nitrogens with zero attached hydrogens (tertiary/aromatic N) is 1. The molecule has 104 valence electrons. The minimum absolute atomic E-state index is 0.189. The van der Waals surface area contributed by atoms with E-state index in [-0.39, 0.29) is 16.4 Å². The maximum atomic E-state index is 12.2. The largest absolute Gasteiger partial charge is 0.330 e. The molecule has 0 saturated heterocycles. The fourth-order valence-electron chi connectivity index (χ4n) is 1.70. The van der Waals surface area contributed by atoms with E-state index in [9.17, 15) is 8.42 Å². The van der Waals surface area contributed by atoms with Gasteiger partial charge in [0.05, 0.1) is 11.9 Å². The molecule has 1 rings (SSSR count). The van der Waals surface area contributed by atoms with Crippen LogP contribution in [-0.2, 0) is 10.0 Å². The van der Waals surface area contributed by atoms with Gasteiger partial charge in [-0.15, -0.1) is 0 Å². The van der Waals surface area contributed by atoms with E-state index >= 15 is 0 Å². The van der Waals surface area contributed by atoms with Crippen molar-refractivity contribution in [1.82, 2.24) is 14.9 Å². The molecule has 1 atom stereocenters. The standard InChI is InChI=1S/C11H22N4O2S/c1-8-9(7-13-14-8)18(16,17)15-10(5-6-12)11(2,3)4/h7,10,15H,5-6,12H2,1-4H3,(H,13,14). The number of nitrogens with two attached hydrogens (primary N) is 1. The molecule has 4 N–H and O–H groups in total. The van der Waals surface area contributed by atoms with Gasteiger partial charge < -0.3 is 5.73 Å². The van der Waals surface area contributed by atoms with E-state index in [0.29, 0.717) is 18.7 Å². The molecule has 0 bridgehead atoms. The highest BCUT2D eigenvalue weighted by atomic mass is 32.2. The fraction of sp³-hybridized carbons (Fsp3) is 0.727. The van der Waals surface area contributed by atoms with Crippen LogP contribution in [0.3, 0.4) is 0 Å². The van der Waals surface area contributed by atoms with Gasteiger partial charge in [-0.25, -0.2) is 13.1 Å². The number of nitrogens with one attached hydrogen (secondary N) is 2. The third-order valence-electron chi connectivity index (χ3n) is 2.87. The molecule has 0 spiro atoms. The van der Waals surface area contributed by atoms with Crippen molar-refractivity contribution in [1.29, 1.82) is 0 Å². The molecule has 0 aliphatic rings. The summed E-state index contributed by atoms with van der Waals surface area (Å²) >= 11 is 0. The quantitative estimate of drug-likeness (QED) is 0.738. The molecule has 7 heteroatoms. The van der Waals surface area contributed by atoms with Crippen LogP contribution in [0.2, 0.25) is 0 Å². The molecule has 18 heavy (non-hydrogen) atoms. The van der Waals surface area contributed by atoms with Crippen molar-refractivity contribution in [3.8, 4) is 0 Å². The summed E-state index contributed by atoms with van der Waals surface area (Å²) in [6, 6.07) is -0.207. The predicted molar refractivity (Wildman–Crippen MR) is 70.6 cm³/mol. The normalized spacial score (nSPS) is 14.7. The zero-order valence-electron chi connectivity index (χ0n) is 11.3. The maximum absolute atomic E-state index is 12.2. The van der Waals surface area contributed by atoms with Crippen LogP contribution in [0.4, 0.5) is 0 Å². The van der Waals surface area contributed by atoms with E-state index in [1.165, 1.54) is 6.20 Å². The van der Waals surface area contributed by atoms with Gasteiger partial charge in [0.15, 0.2) is 0 Å². The summed E-state index contributed by atoms with van der Waals surface area (Å²) in [5, 5.41) is 6.36. The van der Waals surface area contributed by atoms with Crippen LogP contribution in [0.1, 0.15) is 32.9 Å². The molecule has 0 amide bonds. The highest BCUT2D eigenvalue weighted by Gasteiger charge is 2.30. The molecule has 1 aromatic rings. The molecular weight excluding hydrogens is 252 g/mol. The monoisotopic (exact) mass is 274 g/mol. The fourth-order valence-corrected chi connectivity index (χ4v) is 3.31. The Morgan fingerprint density at radius 2 is 2.11 bits per heavy atom. The van der Waals surface area contributed by atoms with Crippen molar-refractivity contribution in [2.75, 3.05) is 6.54 Å². The van der Waals surface area contributed by atoms with Crippen LogP contribution in [0, 0.1) is 12.3 Å². The Morgan fingerprint density at radius 3 is 2.50 bits per heavy atom. The summed E-state index contributed by atoms with van der Waals surface area (Å²) in [7, 11) is -3.55. The zero-order chi connectivity index (χ0) is 14.0. The molecule has 0 aromatic carbocycles. The Morgan fingerprint density at radius 1 is 1.50 bits per heavy atom. The first-order valence-electron chi connectivity index (χ1n) is 5.91. The number of H-pyrrole nitrogens is 1. The molecular formula is C11H22N4O2S. The van der Waals surface area contributed by atoms with Crippen molar-refractivity contribution < 1.29 is 8.42 Å². The zero-order valence-corrected chi connectivity index (χ0v) is 12.1. The van der Waals surface area contributed by atoms with Gasteiger partial charge in [-0.05, 0) is 25.3 Å². The number of rotatable bonds is 5. The van der Waals surface area contributed by atoms with E-state index < -0.39 is 10.0 Å². The van der Waals surface area contributed by atoms with Crippen LogP contribution in [0.25, 0.3) is 0 Å². The molecule has 0 fully saturated rings. The molecule has 0 saturated carbocycles. The number of aromatic nitrogens is 2. The molecule has 1 aromatic heterocycles. The number of hydrogen-bond acceptors (Lipinski definition) is 4. The van der Waals surface area contributed by atoms with E-state index in [0.717, 1.165) is 0 Å². The minimum Gasteiger partial charge on any atom is -0.330 e. The lowest BCUT2D eigenvalue weighted by Gasteiger charge is -2.30. The average Bonchev–Trinajstić information content (AvgIpc) is 2.63. The van der Waals surface area contributed by atoms with Crippen molar-refractivity contribution in [2.24, 2.45) is 11.1 Å². The first-order chi connectivity index (χ1) is 8.18. The minimum atomic E-state index is -3.55. The summed E-state index contributed by atoms with van der Waals surface area (Å²) in [6.07, 6.45) is 1.92. The van der Waals surface area contributed by atoms with Crippen molar-refractivity contribution in [2.45, 2.75) is 45.1 Å². The average molecular weight is 274 g/mol. The van der Waals surface area contributed by atoms with E-state index in [1.54, 1.807) is 6.92 Å². The number of sulfonamides is 1. The van der Waals surface area contributed by atoms with Gasteiger partial charge in [0.2, 0.25) is 10.0 Å². The highest BCUT2D eigenvalue weighted by Crippen LogP contribution is 2.24. The first-order valence-corrected chi connectivity index (χ1v) is 7.39. The van der Waals surface area contributed by atoms with E-state index in [2.05, 4.69) is 14.9 Å². The summed E-state index contributed by atoms with van der Waals surface area (Å²) in [6.45, 7) is 8.07. The lowest BCUT2D eigenvalue weighted by molar-refractivity contribution is 0.287. The highest BCUT2D eigenvalue weighted by molar-refractivity contribution is 7.89.